The molecule has 0 bridgehead atoms. The minimum Gasteiger partial charge on any atom is -0.309 e. The fraction of sp³-hybridized carbons (Fsp3) is 0.182. The van der Waals surface area contributed by atoms with Crippen LogP contribution in [-0.2, 0) is 20.1 Å². The number of hydrogen-bond acceptors (Lipinski definition) is 1. The fourth-order valence-electron chi connectivity index (χ4n) is 1.24. The number of allylic oxidation sites excluding steroid dienone is 1. The molecule has 69 valence electrons. The summed E-state index contributed by atoms with van der Waals surface area (Å²) in [7, 11) is 0. The Morgan fingerprint density at radius 3 is 2.77 bits per heavy atom. The van der Waals surface area contributed by atoms with E-state index in [1.165, 1.54) is 0 Å². The van der Waals surface area contributed by atoms with Gasteiger partial charge in [-0.15, -0.1) is 35.9 Å². The molecular weight excluding hydrogens is 338 g/mol. The van der Waals surface area contributed by atoms with E-state index in [0.29, 0.717) is 5.92 Å². The second-order valence-corrected chi connectivity index (χ2v) is 2.97. The Hall–Kier alpha value is -0.721. The van der Waals surface area contributed by atoms with Gasteiger partial charge in [0.1, 0.15) is 0 Å². The van der Waals surface area contributed by atoms with Crippen LogP contribution in [0.3, 0.4) is 0 Å². The van der Waals surface area contributed by atoms with Crippen molar-refractivity contribution in [1.82, 2.24) is 0 Å². The first kappa shape index (κ1) is 10.4. The summed E-state index contributed by atoms with van der Waals surface area (Å²) < 4.78 is 0. The van der Waals surface area contributed by atoms with E-state index < -0.39 is 0 Å². The second kappa shape index (κ2) is 4.50. The van der Waals surface area contributed by atoms with Crippen molar-refractivity contribution in [3.63, 3.8) is 0 Å². The monoisotopic (exact) mass is 349 g/mol. The predicted molar refractivity (Wildman–Crippen MR) is 50.9 cm³/mol. The summed E-state index contributed by atoms with van der Waals surface area (Å²) in [6.45, 7) is 2.12. The van der Waals surface area contributed by atoms with E-state index in [-0.39, 0.29) is 20.1 Å². The maximum atomic E-state index is 4.29. The van der Waals surface area contributed by atoms with Crippen LogP contribution in [0.15, 0.2) is 35.3 Å². The molecule has 1 aromatic rings. The summed E-state index contributed by atoms with van der Waals surface area (Å²) in [5, 5.41) is 0. The molecule has 0 N–H and O–H groups in total. The molecule has 1 aliphatic heterocycles. The van der Waals surface area contributed by atoms with E-state index in [0.717, 1.165) is 11.3 Å². The zero-order valence-electron chi connectivity index (χ0n) is 7.32. The third-order valence-electron chi connectivity index (χ3n) is 1.85. The van der Waals surface area contributed by atoms with Crippen LogP contribution < -0.4 is 0 Å². The zero-order valence-corrected chi connectivity index (χ0v) is 9.72. The first-order chi connectivity index (χ1) is 5.86. The predicted octanol–water partition coefficient (Wildman–Crippen LogP) is 2.55. The Kier molecular flexibility index (Phi) is 3.58. The van der Waals surface area contributed by atoms with Crippen molar-refractivity contribution in [2.75, 3.05) is 0 Å². The molecule has 1 aliphatic rings. The van der Waals surface area contributed by atoms with Gasteiger partial charge in [-0.3, -0.25) is 0 Å². The third kappa shape index (κ3) is 2.36. The minimum atomic E-state index is 0. The van der Waals surface area contributed by atoms with Gasteiger partial charge in [0.25, 0.3) is 0 Å². The smallest absolute Gasteiger partial charge is 0.00231 e. The van der Waals surface area contributed by atoms with Crippen molar-refractivity contribution < 1.29 is 20.1 Å². The quantitative estimate of drug-likeness (QED) is 0.692. The Balaban J connectivity index is 0.000000845. The standard InChI is InChI=1S/C11H10N.Ir/c1-9-7-11(12-8-9)10-5-3-2-4-6-10;/h2-5,7-9H,1H3;/q-1;. The maximum absolute atomic E-state index is 4.29. The van der Waals surface area contributed by atoms with Crippen molar-refractivity contribution in [3.05, 3.63) is 42.0 Å². The SMILES string of the molecule is CC1C=NC(c2[c-]cccc2)=C1.[Ir]. The van der Waals surface area contributed by atoms with Crippen LogP contribution in [0.2, 0.25) is 0 Å². The Labute approximate surface area is 91.9 Å². The molecule has 1 aromatic carbocycles. The largest absolute Gasteiger partial charge is 0.309 e. The molecule has 1 atom stereocenters. The van der Waals surface area contributed by atoms with Gasteiger partial charge in [-0.2, -0.15) is 0 Å². The summed E-state index contributed by atoms with van der Waals surface area (Å²) >= 11 is 0. The van der Waals surface area contributed by atoms with Crippen LogP contribution in [0.4, 0.5) is 0 Å². The molecule has 0 fully saturated rings. The van der Waals surface area contributed by atoms with E-state index in [9.17, 15) is 0 Å². The van der Waals surface area contributed by atoms with Crippen LogP contribution in [0, 0.1) is 12.0 Å². The summed E-state index contributed by atoms with van der Waals surface area (Å²) in [5.41, 5.74) is 2.13. The third-order valence-corrected chi connectivity index (χ3v) is 1.85. The number of rotatable bonds is 1. The molecule has 0 aromatic heterocycles. The molecule has 13 heavy (non-hydrogen) atoms. The van der Waals surface area contributed by atoms with E-state index in [1.807, 2.05) is 30.5 Å². The summed E-state index contributed by atoms with van der Waals surface area (Å²) in [6, 6.07) is 11.1. The Bertz CT molecular complexity index is 327. The van der Waals surface area contributed by atoms with Crippen LogP contribution in [0.1, 0.15) is 12.5 Å². The molecule has 1 radical (unpaired) electrons. The van der Waals surface area contributed by atoms with Gasteiger partial charge in [-0.25, -0.2) is 0 Å². The number of aliphatic imine (C=N–C) groups is 1. The molecule has 0 saturated heterocycles. The van der Waals surface area contributed by atoms with Gasteiger partial charge in [-0.05, 0) is 11.9 Å². The molecule has 1 unspecified atom stereocenters. The van der Waals surface area contributed by atoms with Gasteiger partial charge >= 0.3 is 0 Å². The molecular formula is C11H10IrN-. The number of nitrogens with zero attached hydrogens (tertiary/aromatic N) is 1. The van der Waals surface area contributed by atoms with Crippen LogP contribution >= 0.6 is 0 Å². The van der Waals surface area contributed by atoms with Gasteiger partial charge < -0.3 is 4.99 Å². The van der Waals surface area contributed by atoms with Crippen molar-refractivity contribution in [2.24, 2.45) is 10.9 Å². The Morgan fingerprint density at radius 1 is 1.38 bits per heavy atom. The van der Waals surface area contributed by atoms with Gasteiger partial charge in [0, 0.05) is 26.0 Å². The molecule has 0 aliphatic carbocycles. The molecule has 2 rings (SSSR count). The number of hydrogen-bond donors (Lipinski definition) is 0. The van der Waals surface area contributed by atoms with Gasteiger partial charge in [-0.1, -0.05) is 13.0 Å². The van der Waals surface area contributed by atoms with E-state index in [2.05, 4.69) is 24.1 Å². The van der Waals surface area contributed by atoms with Crippen LogP contribution in [0.5, 0.6) is 0 Å². The van der Waals surface area contributed by atoms with Crippen molar-refractivity contribution in [1.29, 1.82) is 0 Å². The molecule has 2 heteroatoms. The molecule has 0 saturated carbocycles. The van der Waals surface area contributed by atoms with E-state index in [4.69, 9.17) is 0 Å². The summed E-state index contributed by atoms with van der Waals surface area (Å²) in [5.74, 6) is 0.466. The molecule has 1 heterocycles. The average molecular weight is 348 g/mol. The van der Waals surface area contributed by atoms with Crippen molar-refractivity contribution in [2.45, 2.75) is 6.92 Å². The molecule has 0 spiro atoms. The van der Waals surface area contributed by atoms with Gasteiger partial charge in [0.05, 0.1) is 0 Å². The first-order valence-corrected chi connectivity index (χ1v) is 4.09. The summed E-state index contributed by atoms with van der Waals surface area (Å²) in [4.78, 5) is 4.29. The normalized spacial score (nSPS) is 19.5. The zero-order chi connectivity index (χ0) is 8.39. The molecule has 1 nitrogen and oxygen atoms in total. The van der Waals surface area contributed by atoms with Crippen LogP contribution in [0.25, 0.3) is 5.70 Å². The summed E-state index contributed by atoms with van der Waals surface area (Å²) in [6.07, 6.45) is 4.10. The maximum Gasteiger partial charge on any atom is 0.00231 e. The Morgan fingerprint density at radius 2 is 2.23 bits per heavy atom. The van der Waals surface area contributed by atoms with Crippen LogP contribution in [-0.4, -0.2) is 6.21 Å². The topological polar surface area (TPSA) is 12.4 Å². The van der Waals surface area contributed by atoms with E-state index in [1.54, 1.807) is 0 Å². The first-order valence-electron chi connectivity index (χ1n) is 4.09. The second-order valence-electron chi connectivity index (χ2n) is 2.97. The van der Waals surface area contributed by atoms with Gasteiger partial charge in [0.2, 0.25) is 0 Å². The molecule has 0 amide bonds. The van der Waals surface area contributed by atoms with E-state index >= 15 is 0 Å². The van der Waals surface area contributed by atoms with Crippen molar-refractivity contribution in [3.8, 4) is 0 Å². The number of benzene rings is 1. The minimum absolute atomic E-state index is 0. The average Bonchev–Trinajstić information content (AvgIpc) is 2.54. The fourth-order valence-corrected chi connectivity index (χ4v) is 1.24. The van der Waals surface area contributed by atoms with Crippen molar-refractivity contribution >= 4 is 11.9 Å². The van der Waals surface area contributed by atoms with Gasteiger partial charge in [0.15, 0.2) is 0 Å².